The van der Waals surface area contributed by atoms with Gasteiger partial charge in [0.05, 0.1) is 7.11 Å². The summed E-state index contributed by atoms with van der Waals surface area (Å²) >= 11 is 0. The monoisotopic (exact) mass is 247 g/mol. The summed E-state index contributed by atoms with van der Waals surface area (Å²) in [4.78, 5) is 0. The van der Waals surface area contributed by atoms with E-state index in [1.807, 2.05) is 6.07 Å². The van der Waals surface area contributed by atoms with Gasteiger partial charge >= 0.3 is 0 Å². The molecule has 2 nitrogen and oxygen atoms in total. The van der Waals surface area contributed by atoms with Gasteiger partial charge in [0.25, 0.3) is 0 Å². The van der Waals surface area contributed by atoms with Crippen LogP contribution in [0.25, 0.3) is 0 Å². The van der Waals surface area contributed by atoms with Crippen molar-refractivity contribution in [2.45, 2.75) is 32.6 Å². The zero-order chi connectivity index (χ0) is 12.8. The van der Waals surface area contributed by atoms with Crippen molar-refractivity contribution in [2.24, 2.45) is 11.8 Å². The van der Waals surface area contributed by atoms with Crippen LogP contribution in [0.5, 0.6) is 5.75 Å². The Bertz CT molecular complexity index is 364. The summed E-state index contributed by atoms with van der Waals surface area (Å²) in [6, 6.07) is 8.45. The van der Waals surface area contributed by atoms with Crippen LogP contribution in [0.4, 0.5) is 0 Å². The molecule has 1 saturated carbocycles. The molecule has 1 aliphatic carbocycles. The Morgan fingerprint density at radius 2 is 2.00 bits per heavy atom. The summed E-state index contributed by atoms with van der Waals surface area (Å²) in [5, 5.41) is 3.50. The Labute approximate surface area is 111 Å². The van der Waals surface area contributed by atoms with Crippen molar-refractivity contribution in [1.29, 1.82) is 0 Å². The smallest absolute Gasteiger partial charge is 0.122 e. The molecule has 2 atom stereocenters. The predicted molar refractivity (Wildman–Crippen MR) is 76.1 cm³/mol. The van der Waals surface area contributed by atoms with Crippen LogP contribution in [0, 0.1) is 11.8 Å². The Hall–Kier alpha value is -1.02. The number of benzene rings is 1. The maximum atomic E-state index is 5.46. The van der Waals surface area contributed by atoms with Crippen molar-refractivity contribution >= 4 is 0 Å². The van der Waals surface area contributed by atoms with Crippen molar-refractivity contribution in [3.8, 4) is 5.75 Å². The summed E-state index contributed by atoms with van der Waals surface area (Å²) < 4.78 is 5.46. The second-order valence-electron chi connectivity index (χ2n) is 5.27. The molecule has 0 aliphatic heterocycles. The van der Waals surface area contributed by atoms with E-state index in [-0.39, 0.29) is 0 Å². The number of hydrogen-bond donors (Lipinski definition) is 1. The van der Waals surface area contributed by atoms with Gasteiger partial charge in [0.1, 0.15) is 5.75 Å². The Morgan fingerprint density at radius 3 is 2.78 bits per heavy atom. The molecule has 1 N–H and O–H groups in total. The Kier molecular flexibility index (Phi) is 5.06. The molecule has 0 amide bonds. The topological polar surface area (TPSA) is 21.3 Å². The van der Waals surface area contributed by atoms with Gasteiger partial charge in [-0.15, -0.1) is 0 Å². The maximum absolute atomic E-state index is 5.46. The molecule has 1 aromatic carbocycles. The normalized spacial score (nSPS) is 23.2. The van der Waals surface area contributed by atoms with Crippen molar-refractivity contribution in [1.82, 2.24) is 5.32 Å². The summed E-state index contributed by atoms with van der Waals surface area (Å²) in [5.74, 6) is 2.71. The molecule has 1 aliphatic rings. The lowest BCUT2D eigenvalue weighted by molar-refractivity contribution is 0.357. The van der Waals surface area contributed by atoms with Gasteiger partial charge < -0.3 is 10.1 Å². The molecule has 1 aromatic rings. The lowest BCUT2D eigenvalue weighted by atomic mass is 9.89. The van der Waals surface area contributed by atoms with Crippen molar-refractivity contribution < 1.29 is 4.74 Å². The third-order valence-electron chi connectivity index (χ3n) is 4.15. The van der Waals surface area contributed by atoms with Crippen LogP contribution >= 0.6 is 0 Å². The van der Waals surface area contributed by atoms with Crippen molar-refractivity contribution in [3.05, 3.63) is 29.8 Å². The minimum Gasteiger partial charge on any atom is -0.496 e. The number of ether oxygens (including phenoxy) is 1. The van der Waals surface area contributed by atoms with Crippen LogP contribution in [0.2, 0.25) is 0 Å². The standard InChI is InChI=1S/C16H25NO/c1-3-17-12-15-9-6-8-13(15)11-14-7-4-5-10-16(14)18-2/h4-5,7,10,13,15,17H,3,6,8-9,11-12H2,1-2H3. The molecule has 18 heavy (non-hydrogen) atoms. The zero-order valence-electron chi connectivity index (χ0n) is 11.6. The lowest BCUT2D eigenvalue weighted by Crippen LogP contribution is -2.26. The van der Waals surface area contributed by atoms with Crippen molar-refractivity contribution in [3.63, 3.8) is 0 Å². The fourth-order valence-electron chi connectivity index (χ4n) is 3.13. The molecule has 0 bridgehead atoms. The lowest BCUT2D eigenvalue weighted by Gasteiger charge is -2.21. The van der Waals surface area contributed by atoms with E-state index in [2.05, 4.69) is 30.4 Å². The fourth-order valence-corrected chi connectivity index (χ4v) is 3.13. The summed E-state index contributed by atoms with van der Waals surface area (Å²) in [5.41, 5.74) is 1.37. The predicted octanol–water partition coefficient (Wildman–Crippen LogP) is 3.26. The molecule has 0 heterocycles. The second kappa shape index (κ2) is 6.79. The highest BCUT2D eigenvalue weighted by Gasteiger charge is 2.27. The van der Waals surface area contributed by atoms with Gasteiger partial charge in [-0.3, -0.25) is 0 Å². The van der Waals surface area contributed by atoms with Crippen molar-refractivity contribution in [2.75, 3.05) is 20.2 Å². The first-order chi connectivity index (χ1) is 8.85. The molecule has 0 aromatic heterocycles. The van der Waals surface area contributed by atoms with E-state index in [1.54, 1.807) is 7.11 Å². The molecule has 0 spiro atoms. The minimum absolute atomic E-state index is 0.820. The number of hydrogen-bond acceptors (Lipinski definition) is 2. The van der Waals surface area contributed by atoms with E-state index in [0.29, 0.717) is 0 Å². The van der Waals surface area contributed by atoms with Gasteiger partial charge in [-0.2, -0.15) is 0 Å². The maximum Gasteiger partial charge on any atom is 0.122 e. The molecular formula is C16H25NO. The highest BCUT2D eigenvalue weighted by Crippen LogP contribution is 2.35. The van der Waals surface area contributed by atoms with Crippen LogP contribution in [-0.4, -0.2) is 20.2 Å². The van der Waals surface area contributed by atoms with E-state index in [4.69, 9.17) is 4.74 Å². The molecule has 100 valence electrons. The highest BCUT2D eigenvalue weighted by atomic mass is 16.5. The van der Waals surface area contributed by atoms with E-state index in [0.717, 1.165) is 24.1 Å². The van der Waals surface area contributed by atoms with Gasteiger partial charge in [0.15, 0.2) is 0 Å². The third-order valence-corrected chi connectivity index (χ3v) is 4.15. The number of nitrogens with one attached hydrogen (secondary N) is 1. The second-order valence-corrected chi connectivity index (χ2v) is 5.27. The summed E-state index contributed by atoms with van der Waals surface area (Å²) in [6.45, 7) is 4.44. The molecule has 0 saturated heterocycles. The Balaban J connectivity index is 1.99. The fraction of sp³-hybridized carbons (Fsp3) is 0.625. The number of methoxy groups -OCH3 is 1. The first-order valence-corrected chi connectivity index (χ1v) is 7.17. The molecule has 0 radical (unpaired) electrons. The van der Waals surface area contributed by atoms with E-state index >= 15 is 0 Å². The van der Waals surface area contributed by atoms with Crippen LogP contribution in [0.3, 0.4) is 0 Å². The third kappa shape index (κ3) is 3.26. The Morgan fingerprint density at radius 1 is 1.22 bits per heavy atom. The average Bonchev–Trinajstić information content (AvgIpc) is 2.84. The first kappa shape index (κ1) is 13.4. The van der Waals surface area contributed by atoms with E-state index in [9.17, 15) is 0 Å². The minimum atomic E-state index is 0.820. The van der Waals surface area contributed by atoms with Crippen LogP contribution < -0.4 is 10.1 Å². The van der Waals surface area contributed by atoms with Gasteiger partial charge in [0.2, 0.25) is 0 Å². The molecular weight excluding hydrogens is 222 g/mol. The first-order valence-electron chi connectivity index (χ1n) is 7.17. The average molecular weight is 247 g/mol. The summed E-state index contributed by atoms with van der Waals surface area (Å²) in [6.07, 6.45) is 5.30. The highest BCUT2D eigenvalue weighted by molar-refractivity contribution is 5.33. The molecule has 1 fully saturated rings. The van der Waals surface area contributed by atoms with E-state index < -0.39 is 0 Å². The molecule has 2 unspecified atom stereocenters. The number of para-hydroxylation sites is 1. The van der Waals surface area contributed by atoms with Crippen LogP contribution in [0.15, 0.2) is 24.3 Å². The zero-order valence-corrected chi connectivity index (χ0v) is 11.6. The van der Waals surface area contributed by atoms with Crippen LogP contribution in [-0.2, 0) is 6.42 Å². The summed E-state index contributed by atoms with van der Waals surface area (Å²) in [7, 11) is 1.77. The van der Waals surface area contributed by atoms with Gasteiger partial charge in [-0.25, -0.2) is 0 Å². The van der Waals surface area contributed by atoms with E-state index in [1.165, 1.54) is 37.8 Å². The number of rotatable bonds is 6. The van der Waals surface area contributed by atoms with Gasteiger partial charge in [-0.05, 0) is 55.8 Å². The van der Waals surface area contributed by atoms with Crippen LogP contribution in [0.1, 0.15) is 31.7 Å². The quantitative estimate of drug-likeness (QED) is 0.833. The molecule has 2 heteroatoms. The van der Waals surface area contributed by atoms with Gasteiger partial charge in [-0.1, -0.05) is 31.5 Å². The van der Waals surface area contributed by atoms with Gasteiger partial charge in [0, 0.05) is 0 Å². The SMILES string of the molecule is CCNCC1CCCC1Cc1ccccc1OC. The largest absolute Gasteiger partial charge is 0.496 e. The molecule has 2 rings (SSSR count).